The average molecular weight is 807 g/mol. The fourth-order valence-electron chi connectivity index (χ4n) is 6.54. The first kappa shape index (κ1) is 52.7. The largest absolute Gasteiger partial charge is 0.462 e. The van der Waals surface area contributed by atoms with E-state index in [4.69, 9.17) is 18.9 Å². The van der Waals surface area contributed by atoms with Gasteiger partial charge in [-0.1, -0.05) is 140 Å². The van der Waals surface area contributed by atoms with Crippen LogP contribution >= 0.6 is 0 Å². The number of hydrogen-bond acceptors (Lipinski definition) is 10. The number of carbonyl (C=O) groups excluding carboxylic acids is 2. The minimum absolute atomic E-state index is 0.216. The monoisotopic (exact) mass is 807 g/mol. The molecule has 0 saturated carbocycles. The minimum Gasteiger partial charge on any atom is -0.462 e. The summed E-state index contributed by atoms with van der Waals surface area (Å²) in [5, 5.41) is 40.1. The van der Waals surface area contributed by atoms with Gasteiger partial charge in [-0.25, -0.2) is 0 Å². The Hall–Kier alpha value is -2.34. The summed E-state index contributed by atoms with van der Waals surface area (Å²) in [5.41, 5.74) is 0. The van der Waals surface area contributed by atoms with Gasteiger partial charge in [-0.15, -0.1) is 0 Å². The van der Waals surface area contributed by atoms with E-state index in [1.165, 1.54) is 83.5 Å². The van der Waals surface area contributed by atoms with Gasteiger partial charge in [0.1, 0.15) is 31.0 Å². The molecule has 1 aliphatic heterocycles. The Kier molecular flexibility index (Phi) is 35.0. The van der Waals surface area contributed by atoms with E-state index in [1.54, 1.807) is 0 Å². The molecule has 0 aliphatic carbocycles. The van der Waals surface area contributed by atoms with Crippen LogP contribution in [-0.2, 0) is 28.5 Å². The van der Waals surface area contributed by atoms with Crippen LogP contribution in [0.25, 0.3) is 0 Å². The Labute approximate surface area is 346 Å². The third kappa shape index (κ3) is 29.5. The van der Waals surface area contributed by atoms with Gasteiger partial charge in [-0.05, 0) is 77.0 Å². The van der Waals surface area contributed by atoms with E-state index in [0.717, 1.165) is 57.8 Å². The van der Waals surface area contributed by atoms with Crippen molar-refractivity contribution in [1.82, 2.24) is 0 Å². The molecule has 0 amide bonds. The molecular formula is C47H82O10. The van der Waals surface area contributed by atoms with Crippen LogP contribution in [0, 0.1) is 0 Å². The molecule has 10 heteroatoms. The van der Waals surface area contributed by atoms with Crippen LogP contribution < -0.4 is 0 Å². The zero-order valence-electron chi connectivity index (χ0n) is 35.8. The molecule has 57 heavy (non-hydrogen) atoms. The van der Waals surface area contributed by atoms with E-state index < -0.39 is 55.4 Å². The van der Waals surface area contributed by atoms with Crippen molar-refractivity contribution in [1.29, 1.82) is 0 Å². The second-order valence-electron chi connectivity index (χ2n) is 15.5. The fraction of sp³-hybridized carbons (Fsp3) is 0.787. The molecule has 4 N–H and O–H groups in total. The predicted molar refractivity (Wildman–Crippen MR) is 229 cm³/mol. The summed E-state index contributed by atoms with van der Waals surface area (Å²) in [5.74, 6) is -0.857. The first-order valence-corrected chi connectivity index (χ1v) is 22.7. The molecular weight excluding hydrogens is 725 g/mol. The van der Waals surface area contributed by atoms with Crippen LogP contribution in [0.4, 0.5) is 0 Å². The normalized spacial score (nSPS) is 20.7. The van der Waals surface area contributed by atoms with Gasteiger partial charge in [0, 0.05) is 12.8 Å². The number of unbranched alkanes of at least 4 members (excludes halogenated alkanes) is 18. The summed E-state index contributed by atoms with van der Waals surface area (Å²) in [7, 11) is 0. The lowest BCUT2D eigenvalue weighted by molar-refractivity contribution is -0.305. The van der Waals surface area contributed by atoms with E-state index in [2.05, 4.69) is 62.5 Å². The molecule has 1 heterocycles. The molecule has 0 aromatic heterocycles. The number of rotatable bonds is 37. The lowest BCUT2D eigenvalue weighted by Crippen LogP contribution is -2.59. The molecule has 0 aromatic carbocycles. The first-order valence-electron chi connectivity index (χ1n) is 22.7. The van der Waals surface area contributed by atoms with E-state index >= 15 is 0 Å². The van der Waals surface area contributed by atoms with Gasteiger partial charge in [0.05, 0.1) is 13.2 Å². The lowest BCUT2D eigenvalue weighted by Gasteiger charge is -2.39. The highest BCUT2D eigenvalue weighted by atomic mass is 16.7. The molecule has 1 saturated heterocycles. The number of carbonyl (C=O) groups is 2. The second kappa shape index (κ2) is 37.9. The van der Waals surface area contributed by atoms with Crippen LogP contribution in [0.1, 0.15) is 181 Å². The van der Waals surface area contributed by atoms with Crippen molar-refractivity contribution in [2.45, 2.75) is 218 Å². The van der Waals surface area contributed by atoms with Crippen molar-refractivity contribution in [2.24, 2.45) is 0 Å². The first-order chi connectivity index (χ1) is 27.8. The SMILES string of the molecule is CCCCC/C=C/C/C=C/C/C=C/CCCCC(=O)OC[C@H](CO[C@@H]1O[C@H](CO)[C@H](O)C(O)C1O)OC(=O)CCCCCCCCC/C=C/CCCCCCCC. The lowest BCUT2D eigenvalue weighted by atomic mass is 9.99. The van der Waals surface area contributed by atoms with Gasteiger partial charge in [0.25, 0.3) is 0 Å². The van der Waals surface area contributed by atoms with Crippen LogP contribution in [-0.4, -0.2) is 89.0 Å². The molecule has 0 radical (unpaired) electrons. The van der Waals surface area contributed by atoms with Crippen molar-refractivity contribution in [3.63, 3.8) is 0 Å². The highest BCUT2D eigenvalue weighted by Crippen LogP contribution is 2.22. The van der Waals surface area contributed by atoms with Gasteiger partial charge in [0.2, 0.25) is 0 Å². The Morgan fingerprint density at radius 3 is 1.56 bits per heavy atom. The van der Waals surface area contributed by atoms with E-state index in [0.29, 0.717) is 12.8 Å². The number of esters is 2. The molecule has 2 unspecified atom stereocenters. The standard InChI is InChI=1S/C47H82O10/c1-3-5-7-9-11-13-15-17-19-20-22-24-26-28-30-32-34-36-43(50)56-40(39-55-47-46(53)45(52)44(51)41(37-48)57-47)38-54-42(49)35-33-31-29-27-25-23-21-18-16-14-12-10-8-6-4-2/h12,14,17-19,21,25,27,40-41,44-48,51-53H,3-11,13,15-16,20,22-24,26,28-39H2,1-2H3/b14-12+,19-17+,21-18+,27-25+/t40-,41-,44+,45?,46?,47-/m1/s1. The van der Waals surface area contributed by atoms with Gasteiger partial charge in [-0.3, -0.25) is 9.59 Å². The third-order valence-corrected chi connectivity index (χ3v) is 10.2. The van der Waals surface area contributed by atoms with E-state index in [-0.39, 0.29) is 26.1 Å². The maximum absolute atomic E-state index is 12.8. The molecule has 330 valence electrons. The maximum Gasteiger partial charge on any atom is 0.306 e. The highest BCUT2D eigenvalue weighted by molar-refractivity contribution is 5.70. The van der Waals surface area contributed by atoms with E-state index in [9.17, 15) is 30.0 Å². The number of allylic oxidation sites excluding steroid dienone is 8. The van der Waals surface area contributed by atoms with E-state index in [1.807, 2.05) is 0 Å². The van der Waals surface area contributed by atoms with Gasteiger partial charge in [0.15, 0.2) is 12.4 Å². The number of aliphatic hydroxyl groups is 4. The summed E-state index contributed by atoms with van der Waals surface area (Å²) >= 11 is 0. The van der Waals surface area contributed by atoms with Crippen LogP contribution in [0.2, 0.25) is 0 Å². The molecule has 0 bridgehead atoms. The molecule has 1 aliphatic rings. The summed E-state index contributed by atoms with van der Waals surface area (Å²) in [4.78, 5) is 25.3. The molecule has 10 nitrogen and oxygen atoms in total. The van der Waals surface area contributed by atoms with Crippen molar-refractivity contribution in [3.05, 3.63) is 48.6 Å². The van der Waals surface area contributed by atoms with Crippen molar-refractivity contribution in [3.8, 4) is 0 Å². The van der Waals surface area contributed by atoms with Crippen molar-refractivity contribution in [2.75, 3.05) is 19.8 Å². The maximum atomic E-state index is 12.8. The average Bonchev–Trinajstić information content (AvgIpc) is 3.21. The van der Waals surface area contributed by atoms with Crippen LogP contribution in [0.3, 0.4) is 0 Å². The Balaban J connectivity index is 2.36. The Morgan fingerprint density at radius 1 is 0.544 bits per heavy atom. The predicted octanol–water partition coefficient (Wildman–Crippen LogP) is 9.67. The Bertz CT molecular complexity index is 1070. The molecule has 6 atom stereocenters. The zero-order chi connectivity index (χ0) is 41.6. The summed E-state index contributed by atoms with van der Waals surface area (Å²) in [6.45, 7) is 3.34. The third-order valence-electron chi connectivity index (χ3n) is 10.2. The Morgan fingerprint density at radius 2 is 0.982 bits per heavy atom. The molecule has 1 rings (SSSR count). The second-order valence-corrected chi connectivity index (χ2v) is 15.5. The van der Waals surface area contributed by atoms with Gasteiger partial charge in [-0.2, -0.15) is 0 Å². The summed E-state index contributed by atoms with van der Waals surface area (Å²) < 4.78 is 22.1. The zero-order valence-corrected chi connectivity index (χ0v) is 35.8. The molecule has 0 spiro atoms. The summed E-state index contributed by atoms with van der Waals surface area (Å²) in [6.07, 6.45) is 36.9. The molecule has 0 aromatic rings. The van der Waals surface area contributed by atoms with Crippen LogP contribution in [0.5, 0.6) is 0 Å². The number of ether oxygens (including phenoxy) is 4. The summed E-state index contributed by atoms with van der Waals surface area (Å²) in [6, 6.07) is 0. The van der Waals surface area contributed by atoms with Crippen LogP contribution in [0.15, 0.2) is 48.6 Å². The minimum atomic E-state index is -1.60. The van der Waals surface area contributed by atoms with Crippen molar-refractivity contribution >= 4 is 11.9 Å². The number of hydrogen-bond donors (Lipinski definition) is 4. The number of aliphatic hydroxyl groups excluding tert-OH is 4. The highest BCUT2D eigenvalue weighted by Gasteiger charge is 2.44. The van der Waals surface area contributed by atoms with Crippen molar-refractivity contribution < 1.29 is 49.0 Å². The van der Waals surface area contributed by atoms with Gasteiger partial charge < -0.3 is 39.4 Å². The van der Waals surface area contributed by atoms with Gasteiger partial charge >= 0.3 is 11.9 Å². The fourth-order valence-corrected chi connectivity index (χ4v) is 6.54. The molecule has 1 fully saturated rings. The smallest absolute Gasteiger partial charge is 0.306 e. The topological polar surface area (TPSA) is 152 Å². The quantitative estimate of drug-likeness (QED) is 0.0271.